The van der Waals surface area contributed by atoms with Gasteiger partial charge in [0.15, 0.2) is 0 Å². The van der Waals surface area contributed by atoms with E-state index >= 15 is 0 Å². The van der Waals surface area contributed by atoms with E-state index in [9.17, 15) is 14.9 Å². The molecule has 0 aliphatic carbocycles. The Kier molecular flexibility index (Phi) is 7.78. The number of hydrogen-bond donors (Lipinski definition) is 1. The first-order chi connectivity index (χ1) is 10.1. The summed E-state index contributed by atoms with van der Waals surface area (Å²) < 4.78 is 0. The fourth-order valence-electron chi connectivity index (χ4n) is 1.76. The maximum absolute atomic E-state index is 11.7. The maximum atomic E-state index is 11.7. The molecule has 1 aromatic carbocycles. The lowest BCUT2D eigenvalue weighted by atomic mass is 10.3. The number of hydrogen-bond acceptors (Lipinski definition) is 5. The van der Waals surface area contributed by atoms with Crippen molar-refractivity contribution in [3.8, 4) is 0 Å². The van der Waals surface area contributed by atoms with Crippen molar-refractivity contribution >= 4 is 23.4 Å². The van der Waals surface area contributed by atoms with Crippen LogP contribution in [0.1, 0.15) is 13.8 Å². The Balaban J connectivity index is 2.28. The first kappa shape index (κ1) is 17.5. The highest BCUT2D eigenvalue weighted by molar-refractivity contribution is 8.00. The summed E-state index contributed by atoms with van der Waals surface area (Å²) in [5.41, 5.74) is 0.0584. The number of nitrogens with one attached hydrogen (secondary N) is 1. The van der Waals surface area contributed by atoms with Crippen LogP contribution in [0.15, 0.2) is 29.2 Å². The largest absolute Gasteiger partial charge is 0.354 e. The zero-order chi connectivity index (χ0) is 15.7. The van der Waals surface area contributed by atoms with Crippen molar-refractivity contribution in [1.82, 2.24) is 10.2 Å². The van der Waals surface area contributed by atoms with Crippen LogP contribution in [0.4, 0.5) is 5.69 Å². The number of amides is 1. The predicted octanol–water partition coefficient (Wildman–Crippen LogP) is 2.14. The molecule has 1 N–H and O–H groups in total. The van der Waals surface area contributed by atoms with Crippen molar-refractivity contribution < 1.29 is 9.72 Å². The Morgan fingerprint density at radius 2 is 1.90 bits per heavy atom. The quantitative estimate of drug-likeness (QED) is 0.429. The molecule has 0 heterocycles. The highest BCUT2D eigenvalue weighted by Crippen LogP contribution is 2.20. The second-order valence-electron chi connectivity index (χ2n) is 4.42. The summed E-state index contributed by atoms with van der Waals surface area (Å²) in [4.78, 5) is 24.9. The van der Waals surface area contributed by atoms with E-state index in [0.717, 1.165) is 24.5 Å². The smallest absolute Gasteiger partial charge is 0.269 e. The van der Waals surface area contributed by atoms with Crippen molar-refractivity contribution in [3.05, 3.63) is 34.4 Å². The number of thioether (sulfide) groups is 1. The monoisotopic (exact) mass is 311 g/mol. The Labute approximate surface area is 129 Å². The summed E-state index contributed by atoms with van der Waals surface area (Å²) >= 11 is 1.37. The van der Waals surface area contributed by atoms with Crippen molar-refractivity contribution in [1.29, 1.82) is 0 Å². The van der Waals surface area contributed by atoms with Crippen LogP contribution in [0, 0.1) is 10.1 Å². The van der Waals surface area contributed by atoms with Crippen LogP contribution in [0.5, 0.6) is 0 Å². The predicted molar refractivity (Wildman–Crippen MR) is 84.6 cm³/mol. The topological polar surface area (TPSA) is 75.5 Å². The Morgan fingerprint density at radius 1 is 1.29 bits per heavy atom. The van der Waals surface area contributed by atoms with E-state index in [2.05, 4.69) is 24.1 Å². The molecule has 1 amide bonds. The normalized spacial score (nSPS) is 10.6. The lowest BCUT2D eigenvalue weighted by Crippen LogP contribution is -2.35. The van der Waals surface area contributed by atoms with Gasteiger partial charge in [-0.3, -0.25) is 14.9 Å². The van der Waals surface area contributed by atoms with Gasteiger partial charge >= 0.3 is 0 Å². The molecule has 7 heteroatoms. The van der Waals surface area contributed by atoms with Crippen LogP contribution in [0.2, 0.25) is 0 Å². The van der Waals surface area contributed by atoms with Gasteiger partial charge in [0, 0.05) is 30.1 Å². The molecule has 6 nitrogen and oxygen atoms in total. The molecule has 0 aliphatic heterocycles. The summed E-state index contributed by atoms with van der Waals surface area (Å²) in [6, 6.07) is 6.21. The van der Waals surface area contributed by atoms with Gasteiger partial charge in [-0.25, -0.2) is 0 Å². The molecule has 0 unspecified atom stereocenters. The Hall–Kier alpha value is -1.60. The number of non-ortho nitro benzene ring substituents is 1. The third kappa shape index (κ3) is 6.59. The molecule has 1 rings (SSSR count). The average Bonchev–Trinajstić information content (AvgIpc) is 2.50. The van der Waals surface area contributed by atoms with Crippen molar-refractivity contribution in [2.45, 2.75) is 18.7 Å². The summed E-state index contributed by atoms with van der Waals surface area (Å²) in [6.07, 6.45) is 0. The highest BCUT2D eigenvalue weighted by Gasteiger charge is 2.06. The minimum absolute atomic E-state index is 0.0227. The fraction of sp³-hybridized carbons (Fsp3) is 0.500. The van der Waals surface area contributed by atoms with E-state index in [1.165, 1.54) is 23.9 Å². The van der Waals surface area contributed by atoms with E-state index in [0.29, 0.717) is 12.3 Å². The lowest BCUT2D eigenvalue weighted by molar-refractivity contribution is -0.384. The lowest BCUT2D eigenvalue weighted by Gasteiger charge is -2.17. The number of nitrogens with zero attached hydrogens (tertiary/aromatic N) is 2. The van der Waals surface area contributed by atoms with Crippen LogP contribution in [0.3, 0.4) is 0 Å². The van der Waals surface area contributed by atoms with Crippen LogP contribution in [-0.2, 0) is 4.79 Å². The van der Waals surface area contributed by atoms with Gasteiger partial charge in [0.2, 0.25) is 5.91 Å². The van der Waals surface area contributed by atoms with Crippen LogP contribution >= 0.6 is 11.8 Å². The molecule has 1 aromatic rings. The van der Waals surface area contributed by atoms with Gasteiger partial charge in [0.05, 0.1) is 10.7 Å². The zero-order valence-electron chi connectivity index (χ0n) is 12.4. The van der Waals surface area contributed by atoms with Gasteiger partial charge in [-0.2, -0.15) is 0 Å². The van der Waals surface area contributed by atoms with E-state index in [1.807, 2.05) is 0 Å². The molecular weight excluding hydrogens is 290 g/mol. The third-order valence-corrected chi connectivity index (χ3v) is 4.07. The SMILES string of the molecule is CCN(CC)CCNC(=O)CSc1ccc([N+](=O)[O-])cc1. The maximum Gasteiger partial charge on any atom is 0.269 e. The second kappa shape index (κ2) is 9.36. The van der Waals surface area contributed by atoms with Gasteiger partial charge in [-0.05, 0) is 25.2 Å². The average molecular weight is 311 g/mol. The number of benzene rings is 1. The van der Waals surface area contributed by atoms with E-state index in [-0.39, 0.29) is 11.6 Å². The Bertz CT molecular complexity index is 461. The molecule has 0 atom stereocenters. The van der Waals surface area contributed by atoms with Crippen molar-refractivity contribution in [2.75, 3.05) is 31.9 Å². The summed E-state index contributed by atoms with van der Waals surface area (Å²) in [7, 11) is 0. The molecule has 0 saturated carbocycles. The zero-order valence-corrected chi connectivity index (χ0v) is 13.2. The third-order valence-electron chi connectivity index (χ3n) is 3.06. The summed E-state index contributed by atoms with van der Waals surface area (Å²) in [5.74, 6) is 0.293. The van der Waals surface area contributed by atoms with Crippen LogP contribution < -0.4 is 5.32 Å². The minimum atomic E-state index is -0.436. The molecule has 0 spiro atoms. The van der Waals surface area contributed by atoms with E-state index < -0.39 is 4.92 Å². The van der Waals surface area contributed by atoms with Gasteiger partial charge in [-0.15, -0.1) is 11.8 Å². The first-order valence-corrected chi connectivity index (χ1v) is 7.91. The van der Waals surface area contributed by atoms with Crippen LogP contribution in [-0.4, -0.2) is 47.7 Å². The van der Waals surface area contributed by atoms with E-state index in [4.69, 9.17) is 0 Å². The van der Waals surface area contributed by atoms with Crippen LogP contribution in [0.25, 0.3) is 0 Å². The number of carbonyl (C=O) groups excluding carboxylic acids is 1. The summed E-state index contributed by atoms with van der Waals surface area (Å²) in [6.45, 7) is 7.63. The first-order valence-electron chi connectivity index (χ1n) is 6.93. The molecule has 0 radical (unpaired) electrons. The number of nitro benzene ring substituents is 1. The highest BCUT2D eigenvalue weighted by atomic mass is 32.2. The molecule has 21 heavy (non-hydrogen) atoms. The minimum Gasteiger partial charge on any atom is -0.354 e. The van der Waals surface area contributed by atoms with Crippen molar-refractivity contribution in [2.24, 2.45) is 0 Å². The second-order valence-corrected chi connectivity index (χ2v) is 5.47. The molecule has 0 fully saturated rings. The molecule has 0 aliphatic rings. The summed E-state index contributed by atoms with van der Waals surface area (Å²) in [5, 5.41) is 13.4. The number of nitro groups is 1. The number of rotatable bonds is 9. The van der Waals surface area contributed by atoms with E-state index in [1.54, 1.807) is 12.1 Å². The molecule has 0 saturated heterocycles. The number of likely N-dealkylation sites (N-methyl/N-ethyl adjacent to an activating group) is 1. The van der Waals surface area contributed by atoms with Crippen molar-refractivity contribution in [3.63, 3.8) is 0 Å². The van der Waals surface area contributed by atoms with Gasteiger partial charge in [0.25, 0.3) is 5.69 Å². The molecule has 0 bridgehead atoms. The molecule has 0 aromatic heterocycles. The standard InChI is InChI=1S/C14H21N3O3S/c1-3-16(4-2)10-9-15-14(18)11-21-13-7-5-12(6-8-13)17(19)20/h5-8H,3-4,9-11H2,1-2H3,(H,15,18). The fourth-order valence-corrected chi connectivity index (χ4v) is 2.49. The van der Waals surface area contributed by atoms with Gasteiger partial charge < -0.3 is 10.2 Å². The van der Waals surface area contributed by atoms with Gasteiger partial charge in [0.1, 0.15) is 0 Å². The number of carbonyl (C=O) groups is 1. The van der Waals surface area contributed by atoms with Gasteiger partial charge in [-0.1, -0.05) is 13.8 Å². The Morgan fingerprint density at radius 3 is 2.43 bits per heavy atom. The molecule has 116 valence electrons. The molecular formula is C14H21N3O3S.